The van der Waals surface area contributed by atoms with Crippen molar-refractivity contribution in [2.75, 3.05) is 25.0 Å². The average molecular weight is 323 g/mol. The van der Waals surface area contributed by atoms with Crippen molar-refractivity contribution in [1.29, 1.82) is 0 Å². The highest BCUT2D eigenvalue weighted by Crippen LogP contribution is 2.28. The Kier molecular flexibility index (Phi) is 3.60. The summed E-state index contributed by atoms with van der Waals surface area (Å²) in [7, 11) is 0. The van der Waals surface area contributed by atoms with E-state index in [1.165, 1.54) is 12.4 Å². The molecule has 1 aromatic heterocycles. The Morgan fingerprint density at radius 1 is 1.17 bits per heavy atom. The molecule has 1 aromatic carbocycles. The summed E-state index contributed by atoms with van der Waals surface area (Å²) in [4.78, 5) is 34.4. The molecule has 2 atom stereocenters. The minimum absolute atomic E-state index is 0.0500. The van der Waals surface area contributed by atoms with Gasteiger partial charge < -0.3 is 15.5 Å². The van der Waals surface area contributed by atoms with Crippen LogP contribution >= 0.6 is 0 Å². The second kappa shape index (κ2) is 5.92. The number of hydrogen-bond acceptors (Lipinski definition) is 5. The van der Waals surface area contributed by atoms with Crippen LogP contribution in [0.4, 0.5) is 11.6 Å². The molecule has 0 bridgehead atoms. The minimum Gasteiger partial charge on any atom is -0.355 e. The Bertz CT molecular complexity index is 762. The van der Waals surface area contributed by atoms with Crippen LogP contribution in [0.5, 0.6) is 0 Å². The van der Waals surface area contributed by atoms with Crippen LogP contribution in [0.25, 0.3) is 0 Å². The van der Waals surface area contributed by atoms with Crippen molar-refractivity contribution >= 4 is 23.5 Å². The van der Waals surface area contributed by atoms with Crippen molar-refractivity contribution in [3.05, 3.63) is 48.3 Å². The average Bonchev–Trinajstić information content (AvgIpc) is 3.18. The number of hydrogen-bond donors (Lipinski definition) is 2. The Labute approximate surface area is 139 Å². The smallest absolute Gasteiger partial charge is 0.257 e. The third-order valence-corrected chi connectivity index (χ3v) is 4.53. The zero-order valence-electron chi connectivity index (χ0n) is 13.0. The normalized spacial score (nSPS) is 22.2. The van der Waals surface area contributed by atoms with E-state index in [-0.39, 0.29) is 23.7 Å². The van der Waals surface area contributed by atoms with Crippen LogP contribution in [0.15, 0.2) is 42.7 Å². The summed E-state index contributed by atoms with van der Waals surface area (Å²) in [5.74, 6) is 0.517. The van der Waals surface area contributed by atoms with Gasteiger partial charge in [-0.15, -0.1) is 0 Å². The fourth-order valence-corrected chi connectivity index (χ4v) is 3.24. The first-order valence-electron chi connectivity index (χ1n) is 7.92. The van der Waals surface area contributed by atoms with Gasteiger partial charge >= 0.3 is 0 Å². The molecule has 122 valence electrons. The number of carbonyl (C=O) groups excluding carboxylic acids is 2. The van der Waals surface area contributed by atoms with Crippen molar-refractivity contribution in [2.45, 2.75) is 0 Å². The summed E-state index contributed by atoms with van der Waals surface area (Å²) < 4.78 is 0. The molecule has 2 saturated heterocycles. The molecule has 0 unspecified atom stereocenters. The van der Waals surface area contributed by atoms with E-state index in [2.05, 4.69) is 20.6 Å². The van der Waals surface area contributed by atoms with E-state index in [0.717, 1.165) is 5.69 Å². The molecule has 0 aliphatic carbocycles. The van der Waals surface area contributed by atoms with Crippen LogP contribution in [0, 0.1) is 11.8 Å². The van der Waals surface area contributed by atoms with Gasteiger partial charge in [0, 0.05) is 43.6 Å². The van der Waals surface area contributed by atoms with E-state index in [0.29, 0.717) is 31.1 Å². The third-order valence-electron chi connectivity index (χ3n) is 4.53. The van der Waals surface area contributed by atoms with Gasteiger partial charge in [-0.05, 0) is 12.1 Å². The van der Waals surface area contributed by atoms with Crippen LogP contribution in [0.1, 0.15) is 10.4 Å². The monoisotopic (exact) mass is 323 g/mol. The Morgan fingerprint density at radius 2 is 1.92 bits per heavy atom. The predicted molar refractivity (Wildman–Crippen MR) is 87.6 cm³/mol. The topological polar surface area (TPSA) is 87.2 Å². The second-order valence-corrected chi connectivity index (χ2v) is 6.11. The Morgan fingerprint density at radius 3 is 2.62 bits per heavy atom. The molecule has 7 nitrogen and oxygen atoms in total. The SMILES string of the molecule is O=C1NC[C@H]2CN(C(=O)c3cnc(Nc4ccccc4)nc3)C[C@@H]12. The van der Waals surface area contributed by atoms with Gasteiger partial charge in [-0.2, -0.15) is 0 Å². The van der Waals surface area contributed by atoms with Gasteiger partial charge in [-0.25, -0.2) is 9.97 Å². The Balaban J connectivity index is 1.43. The van der Waals surface area contributed by atoms with Gasteiger partial charge in [0.1, 0.15) is 0 Å². The zero-order valence-corrected chi connectivity index (χ0v) is 13.0. The summed E-state index contributed by atoms with van der Waals surface area (Å²) in [6, 6.07) is 9.59. The van der Waals surface area contributed by atoms with Crippen molar-refractivity contribution in [3.63, 3.8) is 0 Å². The molecule has 4 rings (SSSR count). The molecule has 7 heteroatoms. The highest BCUT2D eigenvalue weighted by molar-refractivity contribution is 5.95. The van der Waals surface area contributed by atoms with Gasteiger partial charge in [0.25, 0.3) is 5.91 Å². The first kappa shape index (κ1) is 14.6. The number of carbonyl (C=O) groups is 2. The molecule has 2 aromatic rings. The summed E-state index contributed by atoms with van der Waals surface area (Å²) in [5.41, 5.74) is 1.32. The minimum atomic E-state index is -0.122. The summed E-state index contributed by atoms with van der Waals surface area (Å²) >= 11 is 0. The number of nitrogens with zero attached hydrogens (tertiary/aromatic N) is 3. The fraction of sp³-hybridized carbons (Fsp3) is 0.294. The number of fused-ring (bicyclic) bond motifs is 1. The first-order valence-corrected chi connectivity index (χ1v) is 7.92. The number of amides is 2. The number of aromatic nitrogens is 2. The van der Waals surface area contributed by atoms with Crippen LogP contribution in [0.3, 0.4) is 0 Å². The number of para-hydroxylation sites is 1. The first-order chi connectivity index (χ1) is 11.7. The molecule has 2 aliphatic rings. The lowest BCUT2D eigenvalue weighted by molar-refractivity contribution is -0.122. The lowest BCUT2D eigenvalue weighted by Gasteiger charge is -2.17. The van der Waals surface area contributed by atoms with E-state index >= 15 is 0 Å². The van der Waals surface area contributed by atoms with Gasteiger partial charge in [-0.3, -0.25) is 9.59 Å². The van der Waals surface area contributed by atoms with E-state index in [1.807, 2.05) is 30.3 Å². The largest absolute Gasteiger partial charge is 0.355 e. The molecule has 2 fully saturated rings. The summed E-state index contributed by atoms with van der Waals surface area (Å²) in [6.45, 7) is 1.73. The van der Waals surface area contributed by atoms with Gasteiger partial charge in [-0.1, -0.05) is 18.2 Å². The maximum absolute atomic E-state index is 12.5. The summed E-state index contributed by atoms with van der Waals surface area (Å²) in [5, 5.41) is 5.92. The molecule has 2 N–H and O–H groups in total. The maximum atomic E-state index is 12.5. The van der Waals surface area contributed by atoms with Crippen molar-refractivity contribution in [1.82, 2.24) is 20.2 Å². The molecule has 2 aliphatic heterocycles. The van der Waals surface area contributed by atoms with E-state index < -0.39 is 0 Å². The molecule has 3 heterocycles. The van der Waals surface area contributed by atoms with Gasteiger partial charge in [0.05, 0.1) is 11.5 Å². The molecule has 0 saturated carbocycles. The summed E-state index contributed by atoms with van der Waals surface area (Å²) in [6.07, 6.45) is 3.05. The van der Waals surface area contributed by atoms with Gasteiger partial charge in [0.2, 0.25) is 11.9 Å². The third kappa shape index (κ3) is 2.68. The Hall–Kier alpha value is -2.96. The molecule has 0 radical (unpaired) electrons. The lowest BCUT2D eigenvalue weighted by Crippen LogP contribution is -2.33. The lowest BCUT2D eigenvalue weighted by atomic mass is 10.0. The zero-order chi connectivity index (χ0) is 16.5. The van der Waals surface area contributed by atoms with Crippen molar-refractivity contribution in [3.8, 4) is 0 Å². The van der Waals surface area contributed by atoms with Crippen molar-refractivity contribution < 1.29 is 9.59 Å². The highest BCUT2D eigenvalue weighted by atomic mass is 16.2. The highest BCUT2D eigenvalue weighted by Gasteiger charge is 2.43. The quantitative estimate of drug-likeness (QED) is 0.881. The van der Waals surface area contributed by atoms with Crippen LogP contribution < -0.4 is 10.6 Å². The number of likely N-dealkylation sites (tertiary alicyclic amines) is 1. The number of rotatable bonds is 3. The second-order valence-electron chi connectivity index (χ2n) is 6.11. The predicted octanol–water partition coefficient (Wildman–Crippen LogP) is 1.04. The number of nitrogens with one attached hydrogen (secondary N) is 2. The number of anilines is 2. The fourth-order valence-electron chi connectivity index (χ4n) is 3.24. The van der Waals surface area contributed by atoms with Gasteiger partial charge in [0.15, 0.2) is 0 Å². The standard InChI is InChI=1S/C17H17N5O2/c23-15-14-10-22(9-12(14)8-18-15)16(24)11-6-19-17(20-7-11)21-13-4-2-1-3-5-13/h1-7,12,14H,8-10H2,(H,18,23)(H,19,20,21)/t12-,14+/m0/s1. The number of benzene rings is 1. The molecule has 24 heavy (non-hydrogen) atoms. The van der Waals surface area contributed by atoms with Crippen LogP contribution in [0.2, 0.25) is 0 Å². The van der Waals surface area contributed by atoms with Crippen molar-refractivity contribution in [2.24, 2.45) is 11.8 Å². The van der Waals surface area contributed by atoms with Crippen LogP contribution in [-0.2, 0) is 4.79 Å². The molecular formula is C17H17N5O2. The van der Waals surface area contributed by atoms with E-state index in [4.69, 9.17) is 0 Å². The molecule has 0 spiro atoms. The maximum Gasteiger partial charge on any atom is 0.257 e. The molecular weight excluding hydrogens is 306 g/mol. The van der Waals surface area contributed by atoms with E-state index in [1.54, 1.807) is 4.90 Å². The molecule has 2 amide bonds. The van der Waals surface area contributed by atoms with Crippen LogP contribution in [-0.4, -0.2) is 46.3 Å². The van der Waals surface area contributed by atoms with E-state index in [9.17, 15) is 9.59 Å².